The number of hydrogen-bond acceptors (Lipinski definition) is 1. The first-order valence-electron chi connectivity index (χ1n) is 4.54. The Hall–Kier alpha value is -0.480. The molecule has 1 saturated carbocycles. The van der Waals surface area contributed by atoms with E-state index in [0.717, 1.165) is 6.42 Å². The highest BCUT2D eigenvalue weighted by Crippen LogP contribution is 2.52. The molecule has 1 heterocycles. The molecular formula is C10H12O. The first kappa shape index (κ1) is 6.08. The second-order valence-corrected chi connectivity index (χ2v) is 4.06. The Balaban J connectivity index is 1.87. The molecule has 2 aliphatic carbocycles. The predicted octanol–water partition coefficient (Wildman–Crippen LogP) is 1.72. The van der Waals surface area contributed by atoms with E-state index in [0.29, 0.717) is 17.6 Å². The normalized spacial score (nSPS) is 51.6. The summed E-state index contributed by atoms with van der Waals surface area (Å²) in [5.74, 6) is 6.68. The van der Waals surface area contributed by atoms with Gasteiger partial charge in [-0.15, -0.1) is 5.92 Å². The molecule has 0 amide bonds. The predicted molar refractivity (Wildman–Crippen MR) is 42.0 cm³/mol. The number of rotatable bonds is 0. The fourth-order valence-electron chi connectivity index (χ4n) is 2.53. The van der Waals surface area contributed by atoms with Gasteiger partial charge in [0.25, 0.3) is 0 Å². The Labute approximate surface area is 67.1 Å². The van der Waals surface area contributed by atoms with Crippen molar-refractivity contribution in [3.63, 3.8) is 0 Å². The molecule has 0 radical (unpaired) electrons. The lowest BCUT2D eigenvalue weighted by molar-refractivity contribution is 0.212. The molecule has 1 spiro atoms. The molecule has 0 aromatic heterocycles. The van der Waals surface area contributed by atoms with Crippen LogP contribution in [0.15, 0.2) is 0 Å². The van der Waals surface area contributed by atoms with E-state index in [4.69, 9.17) is 4.74 Å². The van der Waals surface area contributed by atoms with Gasteiger partial charge in [0.05, 0.1) is 12.2 Å². The van der Waals surface area contributed by atoms with Crippen LogP contribution < -0.4 is 0 Å². The zero-order valence-corrected chi connectivity index (χ0v) is 6.60. The van der Waals surface area contributed by atoms with Gasteiger partial charge in [0.15, 0.2) is 0 Å². The van der Waals surface area contributed by atoms with Gasteiger partial charge in [-0.05, 0) is 25.7 Å². The molecule has 11 heavy (non-hydrogen) atoms. The molecule has 2 unspecified atom stereocenters. The molecule has 3 aliphatic rings. The molecule has 2 atom stereocenters. The van der Waals surface area contributed by atoms with Gasteiger partial charge < -0.3 is 4.74 Å². The van der Waals surface area contributed by atoms with Crippen molar-refractivity contribution in [1.29, 1.82) is 0 Å². The van der Waals surface area contributed by atoms with Crippen LogP contribution >= 0.6 is 0 Å². The highest BCUT2D eigenvalue weighted by atomic mass is 16.6. The largest absolute Gasteiger partial charge is 0.369 e. The zero-order valence-electron chi connectivity index (χ0n) is 6.60. The average Bonchev–Trinajstić information content (AvgIpc) is 2.62. The number of epoxide rings is 1. The molecule has 0 N–H and O–H groups in total. The lowest BCUT2D eigenvalue weighted by Crippen LogP contribution is -2.19. The Kier molecular flexibility index (Phi) is 1.00. The van der Waals surface area contributed by atoms with E-state index in [9.17, 15) is 0 Å². The minimum Gasteiger partial charge on any atom is -0.369 e. The minimum atomic E-state index is 0.409. The molecule has 0 bridgehead atoms. The lowest BCUT2D eigenvalue weighted by atomic mass is 9.79. The minimum absolute atomic E-state index is 0.409. The molecule has 58 valence electrons. The number of fused-ring (bicyclic) bond motifs is 1. The van der Waals surface area contributed by atoms with E-state index >= 15 is 0 Å². The van der Waals surface area contributed by atoms with E-state index in [1.54, 1.807) is 0 Å². The smallest absolute Gasteiger partial charge is 0.0857 e. The van der Waals surface area contributed by atoms with Crippen molar-refractivity contribution in [2.45, 2.75) is 44.3 Å². The van der Waals surface area contributed by atoms with E-state index in [1.165, 1.54) is 25.7 Å². The van der Waals surface area contributed by atoms with Crippen LogP contribution in [0.3, 0.4) is 0 Å². The van der Waals surface area contributed by atoms with Crippen molar-refractivity contribution in [1.82, 2.24) is 0 Å². The second kappa shape index (κ2) is 1.81. The SMILES string of the molecule is C1#CC2(CCC1)CC1OC1C2. The van der Waals surface area contributed by atoms with Gasteiger partial charge in [0, 0.05) is 11.8 Å². The molecule has 0 aromatic rings. The average molecular weight is 148 g/mol. The molecular weight excluding hydrogens is 136 g/mol. The maximum absolute atomic E-state index is 5.41. The van der Waals surface area contributed by atoms with E-state index in [-0.39, 0.29) is 0 Å². The van der Waals surface area contributed by atoms with E-state index in [2.05, 4.69) is 11.8 Å². The molecule has 1 aliphatic heterocycles. The number of hydrogen-bond donors (Lipinski definition) is 0. The summed E-state index contributed by atoms with van der Waals surface area (Å²) in [5, 5.41) is 0. The summed E-state index contributed by atoms with van der Waals surface area (Å²) in [4.78, 5) is 0. The molecule has 2 fully saturated rings. The Morgan fingerprint density at radius 1 is 1.27 bits per heavy atom. The van der Waals surface area contributed by atoms with E-state index < -0.39 is 0 Å². The molecule has 1 nitrogen and oxygen atoms in total. The molecule has 3 rings (SSSR count). The first-order chi connectivity index (χ1) is 5.38. The monoisotopic (exact) mass is 148 g/mol. The van der Waals surface area contributed by atoms with Crippen molar-refractivity contribution in [3.8, 4) is 11.8 Å². The Morgan fingerprint density at radius 2 is 2.09 bits per heavy atom. The lowest BCUT2D eigenvalue weighted by Gasteiger charge is -2.26. The van der Waals surface area contributed by atoms with Gasteiger partial charge in [-0.3, -0.25) is 0 Å². The Bertz CT molecular complexity index is 235. The summed E-state index contributed by atoms with van der Waals surface area (Å²) >= 11 is 0. The van der Waals surface area contributed by atoms with E-state index in [1.807, 2.05) is 0 Å². The first-order valence-corrected chi connectivity index (χ1v) is 4.54. The van der Waals surface area contributed by atoms with Crippen LogP contribution in [0, 0.1) is 17.3 Å². The summed E-state index contributed by atoms with van der Waals surface area (Å²) < 4.78 is 5.41. The molecule has 1 saturated heterocycles. The maximum atomic E-state index is 5.41. The highest BCUT2D eigenvalue weighted by molar-refractivity contribution is 5.22. The maximum Gasteiger partial charge on any atom is 0.0857 e. The van der Waals surface area contributed by atoms with Crippen LogP contribution in [0.25, 0.3) is 0 Å². The van der Waals surface area contributed by atoms with Gasteiger partial charge in [0.1, 0.15) is 0 Å². The standard InChI is InChI=1S/C10H12O/c1-2-4-10(5-3-1)6-8-9(7-10)11-8/h8-9H,1-2,4,6-7H2. The topological polar surface area (TPSA) is 12.5 Å². The van der Waals surface area contributed by atoms with Crippen molar-refractivity contribution in [3.05, 3.63) is 0 Å². The summed E-state index contributed by atoms with van der Waals surface area (Å²) in [6, 6.07) is 0. The third-order valence-corrected chi connectivity index (χ3v) is 3.18. The van der Waals surface area contributed by atoms with Crippen LogP contribution in [0.4, 0.5) is 0 Å². The van der Waals surface area contributed by atoms with Crippen LogP contribution in [0.2, 0.25) is 0 Å². The zero-order chi connectivity index (χ0) is 7.31. The fourth-order valence-corrected chi connectivity index (χ4v) is 2.53. The fraction of sp³-hybridized carbons (Fsp3) is 0.800. The summed E-state index contributed by atoms with van der Waals surface area (Å²) in [5.41, 5.74) is 0.409. The van der Waals surface area contributed by atoms with Crippen molar-refractivity contribution in [2.24, 2.45) is 5.41 Å². The second-order valence-electron chi connectivity index (χ2n) is 4.06. The van der Waals surface area contributed by atoms with Gasteiger partial charge >= 0.3 is 0 Å². The third kappa shape index (κ3) is 0.827. The molecule has 0 aromatic carbocycles. The van der Waals surface area contributed by atoms with Crippen LogP contribution in [-0.2, 0) is 4.74 Å². The summed E-state index contributed by atoms with van der Waals surface area (Å²) in [6.07, 6.45) is 7.42. The Morgan fingerprint density at radius 3 is 2.73 bits per heavy atom. The van der Waals surface area contributed by atoms with Crippen molar-refractivity contribution < 1.29 is 4.74 Å². The van der Waals surface area contributed by atoms with Gasteiger partial charge in [0.2, 0.25) is 0 Å². The van der Waals surface area contributed by atoms with Gasteiger partial charge in [-0.2, -0.15) is 0 Å². The van der Waals surface area contributed by atoms with Crippen molar-refractivity contribution in [2.75, 3.05) is 0 Å². The van der Waals surface area contributed by atoms with Crippen LogP contribution in [0.5, 0.6) is 0 Å². The summed E-state index contributed by atoms with van der Waals surface area (Å²) in [6.45, 7) is 0. The summed E-state index contributed by atoms with van der Waals surface area (Å²) in [7, 11) is 0. The quantitative estimate of drug-likeness (QED) is 0.376. The third-order valence-electron chi connectivity index (χ3n) is 3.18. The van der Waals surface area contributed by atoms with Gasteiger partial charge in [-0.25, -0.2) is 0 Å². The van der Waals surface area contributed by atoms with Crippen LogP contribution in [0.1, 0.15) is 32.1 Å². The highest BCUT2D eigenvalue weighted by Gasteiger charge is 2.55. The van der Waals surface area contributed by atoms with Crippen LogP contribution in [-0.4, -0.2) is 12.2 Å². The number of ether oxygens (including phenoxy) is 1. The van der Waals surface area contributed by atoms with Crippen molar-refractivity contribution >= 4 is 0 Å². The van der Waals surface area contributed by atoms with Gasteiger partial charge in [-0.1, -0.05) is 5.92 Å². The molecule has 1 heteroatoms.